The van der Waals surface area contributed by atoms with Crippen molar-refractivity contribution in [2.24, 2.45) is 0 Å². The molecule has 1 aromatic carbocycles. The van der Waals surface area contributed by atoms with Crippen LogP contribution < -0.4 is 10.1 Å². The minimum Gasteiger partial charge on any atom is -0.492 e. The molecule has 0 saturated carbocycles. The lowest BCUT2D eigenvalue weighted by molar-refractivity contribution is 0.199. The van der Waals surface area contributed by atoms with Gasteiger partial charge in [-0.25, -0.2) is 0 Å². The molecule has 1 aromatic rings. The summed E-state index contributed by atoms with van der Waals surface area (Å²) in [4.78, 5) is 0. The first-order valence-corrected chi connectivity index (χ1v) is 8.97. The molecule has 1 aliphatic rings. The van der Waals surface area contributed by atoms with Crippen molar-refractivity contribution in [3.63, 3.8) is 0 Å². The monoisotopic (exact) mass is 311 g/mol. The van der Waals surface area contributed by atoms with Crippen LogP contribution in [-0.4, -0.2) is 42.1 Å². The molecular weight excluding hydrogens is 286 g/mol. The lowest BCUT2D eigenvalue weighted by Gasteiger charge is -2.33. The number of nitrogens with one attached hydrogen (secondary N) is 1. The van der Waals surface area contributed by atoms with Crippen molar-refractivity contribution in [3.8, 4) is 5.75 Å². The summed E-state index contributed by atoms with van der Waals surface area (Å²) in [5.74, 6) is 1.57. The molecule has 0 radical (unpaired) electrons. The molecule has 0 saturated heterocycles. The number of rotatable bonds is 8. The van der Waals surface area contributed by atoms with Crippen LogP contribution in [0.15, 0.2) is 24.3 Å². The van der Waals surface area contributed by atoms with Crippen LogP contribution in [0.4, 0.5) is 0 Å². The Kier molecular flexibility index (Phi) is 6.67. The van der Waals surface area contributed by atoms with E-state index in [2.05, 4.69) is 18.3 Å². The maximum absolute atomic E-state index is 12.6. The fourth-order valence-electron chi connectivity index (χ4n) is 2.60. The average molecular weight is 311 g/mol. The maximum Gasteiger partial charge on any atom is 0.124 e. The fourth-order valence-corrected chi connectivity index (χ4v) is 4.07. The van der Waals surface area contributed by atoms with Gasteiger partial charge in [-0.05, 0) is 25.5 Å². The predicted octanol–water partition coefficient (Wildman–Crippen LogP) is 2.27. The molecule has 0 amide bonds. The van der Waals surface area contributed by atoms with Crippen LogP contribution in [0.3, 0.4) is 0 Å². The normalized spacial score (nSPS) is 22.4. The summed E-state index contributed by atoms with van der Waals surface area (Å²) in [5.41, 5.74) is 1.13. The molecule has 118 valence electrons. The zero-order chi connectivity index (χ0) is 15.1. The van der Waals surface area contributed by atoms with Crippen LogP contribution in [0.1, 0.15) is 31.4 Å². The van der Waals surface area contributed by atoms with E-state index in [1.165, 1.54) is 0 Å². The van der Waals surface area contributed by atoms with Gasteiger partial charge < -0.3 is 14.8 Å². The second-order valence-electron chi connectivity index (χ2n) is 5.25. The van der Waals surface area contributed by atoms with Crippen LogP contribution >= 0.6 is 0 Å². The van der Waals surface area contributed by atoms with E-state index >= 15 is 0 Å². The molecule has 0 aromatic heterocycles. The van der Waals surface area contributed by atoms with Gasteiger partial charge in [-0.2, -0.15) is 0 Å². The van der Waals surface area contributed by atoms with Crippen LogP contribution in [0, 0.1) is 0 Å². The van der Waals surface area contributed by atoms with Gasteiger partial charge in [0.25, 0.3) is 0 Å². The van der Waals surface area contributed by atoms with Gasteiger partial charge in [0.2, 0.25) is 0 Å². The van der Waals surface area contributed by atoms with E-state index in [-0.39, 0.29) is 11.3 Å². The molecule has 1 aliphatic heterocycles. The van der Waals surface area contributed by atoms with Crippen LogP contribution in [0.25, 0.3) is 0 Å². The maximum atomic E-state index is 12.6. The van der Waals surface area contributed by atoms with Gasteiger partial charge >= 0.3 is 0 Å². The minimum atomic E-state index is -0.916. The topological polar surface area (TPSA) is 47.6 Å². The molecule has 2 rings (SSSR count). The Morgan fingerprint density at radius 3 is 3.00 bits per heavy atom. The Morgan fingerprint density at radius 1 is 1.43 bits per heavy atom. The number of para-hydroxylation sites is 1. The van der Waals surface area contributed by atoms with Crippen molar-refractivity contribution in [2.45, 2.75) is 31.1 Å². The molecule has 4 nitrogen and oxygen atoms in total. The van der Waals surface area contributed by atoms with Crippen molar-refractivity contribution in [1.82, 2.24) is 5.32 Å². The van der Waals surface area contributed by atoms with E-state index in [1.54, 1.807) is 7.11 Å². The Bertz CT molecular complexity index is 467. The summed E-state index contributed by atoms with van der Waals surface area (Å²) in [6.07, 6.45) is 1.88. The Morgan fingerprint density at radius 2 is 2.24 bits per heavy atom. The van der Waals surface area contributed by atoms with E-state index < -0.39 is 10.8 Å². The van der Waals surface area contributed by atoms with Gasteiger partial charge in [-0.15, -0.1) is 0 Å². The van der Waals surface area contributed by atoms with Crippen LogP contribution in [-0.2, 0) is 15.5 Å². The summed E-state index contributed by atoms with van der Waals surface area (Å²) in [6, 6.07) is 8.16. The van der Waals surface area contributed by atoms with Crippen LogP contribution in [0.5, 0.6) is 5.75 Å². The van der Waals surface area contributed by atoms with Crippen molar-refractivity contribution in [3.05, 3.63) is 29.8 Å². The third-order valence-electron chi connectivity index (χ3n) is 3.67. The minimum absolute atomic E-state index is 0.00306. The Hall–Kier alpha value is -0.910. The molecule has 0 aliphatic carbocycles. The number of ether oxygens (including phenoxy) is 2. The summed E-state index contributed by atoms with van der Waals surface area (Å²) in [5, 5.41) is 3.55. The van der Waals surface area contributed by atoms with E-state index in [4.69, 9.17) is 9.47 Å². The summed E-state index contributed by atoms with van der Waals surface area (Å²) in [6.45, 7) is 4.23. The third kappa shape index (κ3) is 4.28. The third-order valence-corrected chi connectivity index (χ3v) is 5.45. The second kappa shape index (κ2) is 8.51. The number of benzene rings is 1. The summed E-state index contributed by atoms with van der Waals surface area (Å²) < 4.78 is 23.4. The first-order valence-electron chi connectivity index (χ1n) is 7.59. The van der Waals surface area contributed by atoms with E-state index in [9.17, 15) is 4.21 Å². The highest BCUT2D eigenvalue weighted by atomic mass is 32.2. The average Bonchev–Trinajstić information content (AvgIpc) is 2.52. The molecule has 21 heavy (non-hydrogen) atoms. The number of hydrogen-bond acceptors (Lipinski definition) is 4. The van der Waals surface area contributed by atoms with Gasteiger partial charge in [-0.3, -0.25) is 4.21 Å². The zero-order valence-electron chi connectivity index (χ0n) is 12.8. The highest BCUT2D eigenvalue weighted by Gasteiger charge is 2.34. The quantitative estimate of drug-likeness (QED) is 0.748. The molecular formula is C16H25NO3S. The van der Waals surface area contributed by atoms with Crippen molar-refractivity contribution < 1.29 is 13.7 Å². The number of methoxy groups -OCH3 is 1. The van der Waals surface area contributed by atoms with Crippen LogP contribution in [0.2, 0.25) is 0 Å². The molecule has 3 atom stereocenters. The fraction of sp³-hybridized carbons (Fsp3) is 0.625. The molecule has 1 N–H and O–H groups in total. The van der Waals surface area contributed by atoms with E-state index in [0.29, 0.717) is 19.0 Å². The lowest BCUT2D eigenvalue weighted by atomic mass is 10.00. The standard InChI is InChI=1S/C16H25NO3S/c1-3-9-17-16-13-7-4-5-8-14(13)20-12-15(16)21(18)11-6-10-19-2/h4-5,7-8,15-17H,3,6,9-12H2,1-2H3. The molecule has 0 bridgehead atoms. The van der Waals surface area contributed by atoms with Gasteiger partial charge in [0.05, 0.1) is 11.3 Å². The first kappa shape index (κ1) is 16.5. The lowest BCUT2D eigenvalue weighted by Crippen LogP contribution is -2.43. The Labute approximate surface area is 129 Å². The summed E-state index contributed by atoms with van der Waals surface area (Å²) in [7, 11) is 0.759. The molecule has 5 heteroatoms. The molecule has 1 heterocycles. The molecule has 3 unspecified atom stereocenters. The van der Waals surface area contributed by atoms with Crippen molar-refractivity contribution >= 4 is 10.8 Å². The molecule has 0 spiro atoms. The largest absolute Gasteiger partial charge is 0.492 e. The Balaban J connectivity index is 2.11. The first-order chi connectivity index (χ1) is 10.3. The van der Waals surface area contributed by atoms with Gasteiger partial charge in [-0.1, -0.05) is 25.1 Å². The highest BCUT2D eigenvalue weighted by molar-refractivity contribution is 7.85. The van der Waals surface area contributed by atoms with Crippen molar-refractivity contribution in [2.75, 3.05) is 32.6 Å². The highest BCUT2D eigenvalue weighted by Crippen LogP contribution is 2.34. The predicted molar refractivity (Wildman–Crippen MR) is 86.3 cm³/mol. The SMILES string of the molecule is CCCNC1c2ccccc2OCC1S(=O)CCCOC. The van der Waals surface area contributed by atoms with E-state index in [1.807, 2.05) is 18.2 Å². The zero-order valence-corrected chi connectivity index (χ0v) is 13.7. The van der Waals surface area contributed by atoms with Gasteiger partial charge in [0, 0.05) is 35.8 Å². The van der Waals surface area contributed by atoms with E-state index in [0.717, 1.165) is 30.7 Å². The number of fused-ring (bicyclic) bond motifs is 1. The van der Waals surface area contributed by atoms with Crippen molar-refractivity contribution in [1.29, 1.82) is 0 Å². The number of hydrogen-bond donors (Lipinski definition) is 1. The molecule has 0 fully saturated rings. The summed E-state index contributed by atoms with van der Waals surface area (Å²) >= 11 is 0. The smallest absolute Gasteiger partial charge is 0.124 e. The second-order valence-corrected chi connectivity index (χ2v) is 7.03. The van der Waals surface area contributed by atoms with Gasteiger partial charge in [0.1, 0.15) is 12.4 Å². The van der Waals surface area contributed by atoms with Gasteiger partial charge in [0.15, 0.2) is 0 Å².